The molecule has 3 rings (SSSR count). The molecule has 0 radical (unpaired) electrons. The SMILES string of the molecule is O=C(CN(Cc1ccc(Cl)c(Cl)c1)S(=O)(=O)c1ccc(Br)cc1)Nc1ccc(F)cc1. The Hall–Kier alpha value is -1.97. The molecule has 1 amide bonds. The minimum Gasteiger partial charge on any atom is -0.325 e. The number of hydrogen-bond donors (Lipinski definition) is 1. The van der Waals surface area contributed by atoms with Gasteiger partial charge in [0.05, 0.1) is 21.5 Å². The summed E-state index contributed by atoms with van der Waals surface area (Å²) >= 11 is 15.3. The number of nitrogens with zero attached hydrogens (tertiary/aromatic N) is 1. The number of hydrogen-bond acceptors (Lipinski definition) is 3. The van der Waals surface area contributed by atoms with E-state index in [0.29, 0.717) is 16.3 Å². The molecule has 3 aromatic rings. The second-order valence-electron chi connectivity index (χ2n) is 6.53. The lowest BCUT2D eigenvalue weighted by molar-refractivity contribution is -0.116. The van der Waals surface area contributed by atoms with Crippen LogP contribution in [0.4, 0.5) is 10.1 Å². The highest BCUT2D eigenvalue weighted by atomic mass is 79.9. The van der Waals surface area contributed by atoms with Crippen LogP contribution in [-0.4, -0.2) is 25.2 Å². The van der Waals surface area contributed by atoms with Gasteiger partial charge < -0.3 is 5.32 Å². The molecule has 0 aromatic heterocycles. The Balaban J connectivity index is 1.88. The van der Waals surface area contributed by atoms with Crippen LogP contribution in [0.3, 0.4) is 0 Å². The van der Waals surface area contributed by atoms with Crippen LogP contribution in [0.2, 0.25) is 10.0 Å². The third-order valence-electron chi connectivity index (χ3n) is 4.24. The first kappa shape index (κ1) is 23.7. The fraction of sp³-hybridized carbons (Fsp3) is 0.0952. The van der Waals surface area contributed by atoms with E-state index < -0.39 is 28.3 Å². The zero-order chi connectivity index (χ0) is 22.6. The van der Waals surface area contributed by atoms with Gasteiger partial charge in [-0.25, -0.2) is 12.8 Å². The Morgan fingerprint density at radius 2 is 1.61 bits per heavy atom. The number of halogens is 4. The van der Waals surface area contributed by atoms with E-state index >= 15 is 0 Å². The maximum Gasteiger partial charge on any atom is 0.243 e. The van der Waals surface area contributed by atoms with Gasteiger partial charge in [0.2, 0.25) is 15.9 Å². The summed E-state index contributed by atoms with van der Waals surface area (Å²) in [6, 6.07) is 16.0. The summed E-state index contributed by atoms with van der Waals surface area (Å²) in [5.41, 5.74) is 0.909. The molecule has 0 heterocycles. The van der Waals surface area contributed by atoms with E-state index in [-0.39, 0.29) is 16.5 Å². The molecular formula is C21H16BrCl2FN2O3S. The highest BCUT2D eigenvalue weighted by Gasteiger charge is 2.27. The lowest BCUT2D eigenvalue weighted by Gasteiger charge is -2.22. The Morgan fingerprint density at radius 3 is 2.23 bits per heavy atom. The van der Waals surface area contributed by atoms with Gasteiger partial charge in [-0.3, -0.25) is 4.79 Å². The fourth-order valence-corrected chi connectivity index (χ4v) is 4.69. The second-order valence-corrected chi connectivity index (χ2v) is 10.2. The molecule has 0 saturated carbocycles. The number of amides is 1. The van der Waals surface area contributed by atoms with Gasteiger partial charge in [-0.15, -0.1) is 0 Å². The van der Waals surface area contributed by atoms with Crippen molar-refractivity contribution in [3.8, 4) is 0 Å². The lowest BCUT2D eigenvalue weighted by atomic mass is 10.2. The highest BCUT2D eigenvalue weighted by molar-refractivity contribution is 9.10. The molecule has 1 N–H and O–H groups in total. The van der Waals surface area contributed by atoms with Gasteiger partial charge in [-0.2, -0.15) is 4.31 Å². The molecule has 0 atom stereocenters. The molecular weight excluding hydrogens is 530 g/mol. The molecule has 3 aromatic carbocycles. The van der Waals surface area contributed by atoms with Crippen LogP contribution < -0.4 is 5.32 Å². The highest BCUT2D eigenvalue weighted by Crippen LogP contribution is 2.25. The average molecular weight is 546 g/mol. The first-order valence-electron chi connectivity index (χ1n) is 8.90. The standard InChI is InChI=1S/C21H16BrCl2FN2O3S/c22-15-2-8-18(9-3-15)31(29,30)27(12-14-1-10-19(23)20(24)11-14)13-21(28)26-17-6-4-16(25)5-7-17/h1-11H,12-13H2,(H,26,28). The Bertz CT molecular complexity index is 1190. The topological polar surface area (TPSA) is 66.5 Å². The average Bonchev–Trinajstić information content (AvgIpc) is 2.72. The second kappa shape index (κ2) is 10.1. The van der Waals surface area contributed by atoms with E-state index in [1.165, 1.54) is 36.4 Å². The van der Waals surface area contributed by atoms with Crippen LogP contribution >= 0.6 is 39.1 Å². The summed E-state index contributed by atoms with van der Waals surface area (Å²) < 4.78 is 41.4. The number of rotatable bonds is 7. The lowest BCUT2D eigenvalue weighted by Crippen LogP contribution is -2.37. The number of sulfonamides is 1. The summed E-state index contributed by atoms with van der Waals surface area (Å²) in [5.74, 6) is -1.02. The van der Waals surface area contributed by atoms with Crippen molar-refractivity contribution in [3.05, 3.63) is 92.6 Å². The van der Waals surface area contributed by atoms with E-state index in [4.69, 9.17) is 23.2 Å². The van der Waals surface area contributed by atoms with Gasteiger partial charge >= 0.3 is 0 Å². The smallest absolute Gasteiger partial charge is 0.243 e. The fourth-order valence-electron chi connectivity index (χ4n) is 2.72. The van der Waals surface area contributed by atoms with Crippen molar-refractivity contribution in [2.45, 2.75) is 11.4 Å². The quantitative estimate of drug-likeness (QED) is 0.412. The first-order chi connectivity index (χ1) is 14.6. The molecule has 0 aliphatic carbocycles. The Kier molecular flexibility index (Phi) is 7.72. The van der Waals surface area contributed by atoms with Gasteiger partial charge in [-0.1, -0.05) is 45.2 Å². The number of nitrogens with one attached hydrogen (secondary N) is 1. The molecule has 0 unspecified atom stereocenters. The molecule has 0 spiro atoms. The summed E-state index contributed by atoms with van der Waals surface area (Å²) in [4.78, 5) is 12.6. The summed E-state index contributed by atoms with van der Waals surface area (Å²) in [5, 5.41) is 3.18. The van der Waals surface area contributed by atoms with Crippen LogP contribution in [0, 0.1) is 5.82 Å². The third-order valence-corrected chi connectivity index (χ3v) is 7.32. The predicted molar refractivity (Wildman–Crippen MR) is 123 cm³/mol. The number of anilines is 1. The molecule has 0 aliphatic rings. The minimum atomic E-state index is -4.02. The van der Waals surface area contributed by atoms with E-state index in [2.05, 4.69) is 21.2 Å². The zero-order valence-electron chi connectivity index (χ0n) is 15.9. The summed E-state index contributed by atoms with van der Waals surface area (Å²) in [6.45, 7) is -0.567. The molecule has 0 aliphatic heterocycles. The number of benzene rings is 3. The van der Waals surface area contributed by atoms with Crippen LogP contribution in [0.15, 0.2) is 76.1 Å². The maximum atomic E-state index is 13.3. The number of carbonyl (C=O) groups is 1. The Labute approximate surface area is 198 Å². The number of carbonyl (C=O) groups excluding carboxylic acids is 1. The monoisotopic (exact) mass is 544 g/mol. The largest absolute Gasteiger partial charge is 0.325 e. The van der Waals surface area contributed by atoms with Crippen molar-refractivity contribution in [2.24, 2.45) is 0 Å². The van der Waals surface area contributed by atoms with Crippen molar-refractivity contribution >= 4 is 60.7 Å². The minimum absolute atomic E-state index is 0.0327. The van der Waals surface area contributed by atoms with Crippen LogP contribution in [0.25, 0.3) is 0 Å². The van der Waals surface area contributed by atoms with E-state index in [1.807, 2.05) is 0 Å². The molecule has 0 saturated heterocycles. The molecule has 10 heteroatoms. The van der Waals surface area contributed by atoms with Crippen LogP contribution in [0.5, 0.6) is 0 Å². The molecule has 31 heavy (non-hydrogen) atoms. The molecule has 162 valence electrons. The van der Waals surface area contributed by atoms with E-state index in [1.54, 1.807) is 30.3 Å². The van der Waals surface area contributed by atoms with Crippen molar-refractivity contribution in [2.75, 3.05) is 11.9 Å². The van der Waals surface area contributed by atoms with Crippen molar-refractivity contribution in [3.63, 3.8) is 0 Å². The van der Waals surface area contributed by atoms with Crippen molar-refractivity contribution < 1.29 is 17.6 Å². The summed E-state index contributed by atoms with van der Waals surface area (Å²) in [6.07, 6.45) is 0. The Morgan fingerprint density at radius 1 is 0.968 bits per heavy atom. The molecule has 0 fully saturated rings. The van der Waals surface area contributed by atoms with Crippen molar-refractivity contribution in [1.82, 2.24) is 4.31 Å². The van der Waals surface area contributed by atoms with Gasteiger partial charge in [0, 0.05) is 16.7 Å². The van der Waals surface area contributed by atoms with Crippen LogP contribution in [-0.2, 0) is 21.4 Å². The van der Waals surface area contributed by atoms with Gasteiger partial charge in [0.1, 0.15) is 5.82 Å². The predicted octanol–water partition coefficient (Wildman–Crippen LogP) is 5.72. The molecule has 0 bridgehead atoms. The maximum absolute atomic E-state index is 13.3. The van der Waals surface area contributed by atoms with E-state index in [0.717, 1.165) is 8.78 Å². The summed E-state index contributed by atoms with van der Waals surface area (Å²) in [7, 11) is -4.02. The third kappa shape index (κ3) is 6.27. The van der Waals surface area contributed by atoms with Gasteiger partial charge in [0.15, 0.2) is 0 Å². The first-order valence-corrected chi connectivity index (χ1v) is 11.9. The zero-order valence-corrected chi connectivity index (χ0v) is 19.8. The normalized spacial score (nSPS) is 11.5. The van der Waals surface area contributed by atoms with Crippen molar-refractivity contribution in [1.29, 1.82) is 0 Å². The van der Waals surface area contributed by atoms with Crippen LogP contribution in [0.1, 0.15) is 5.56 Å². The van der Waals surface area contributed by atoms with E-state index in [9.17, 15) is 17.6 Å². The molecule has 5 nitrogen and oxygen atoms in total. The van der Waals surface area contributed by atoms with Gasteiger partial charge in [0.25, 0.3) is 0 Å². The van der Waals surface area contributed by atoms with Gasteiger partial charge in [-0.05, 0) is 66.2 Å².